The maximum Gasteiger partial charge on any atom is 0.256 e. The van der Waals surface area contributed by atoms with Crippen LogP contribution in [0.4, 0.5) is 5.82 Å². The van der Waals surface area contributed by atoms with Gasteiger partial charge in [-0.1, -0.05) is 37.8 Å². The molecule has 0 spiro atoms. The molecule has 2 unspecified atom stereocenters. The Bertz CT molecular complexity index is 1180. The number of fused-ring (bicyclic) bond motifs is 1. The van der Waals surface area contributed by atoms with E-state index in [1.165, 1.54) is 11.1 Å². The summed E-state index contributed by atoms with van der Waals surface area (Å²) in [6.07, 6.45) is 14.5. The van der Waals surface area contributed by atoms with E-state index < -0.39 is 0 Å². The zero-order valence-corrected chi connectivity index (χ0v) is 20.8. The van der Waals surface area contributed by atoms with Crippen LogP contribution < -0.4 is 5.32 Å². The summed E-state index contributed by atoms with van der Waals surface area (Å²) in [6.45, 7) is 11.1. The maximum absolute atomic E-state index is 12.7. The third-order valence-corrected chi connectivity index (χ3v) is 7.21. The van der Waals surface area contributed by atoms with Crippen LogP contribution in [0.2, 0.25) is 0 Å². The highest BCUT2D eigenvalue weighted by molar-refractivity contribution is 7.08. The average Bonchev–Trinajstić information content (AvgIpc) is 3.58. The quantitative estimate of drug-likeness (QED) is 0.270. The summed E-state index contributed by atoms with van der Waals surface area (Å²) in [6, 6.07) is 5.74. The predicted molar refractivity (Wildman–Crippen MR) is 145 cm³/mol. The fourth-order valence-electron chi connectivity index (χ4n) is 4.66. The number of allylic oxidation sites excluding steroid dienone is 3. The Balaban J connectivity index is 1.30. The number of hydrogen-bond acceptors (Lipinski definition) is 4. The largest absolute Gasteiger partial charge is 0.338 e. The summed E-state index contributed by atoms with van der Waals surface area (Å²) in [5.74, 6) is 1.37. The van der Waals surface area contributed by atoms with Gasteiger partial charge < -0.3 is 10.2 Å². The van der Waals surface area contributed by atoms with Gasteiger partial charge in [0, 0.05) is 30.9 Å². The van der Waals surface area contributed by atoms with Crippen molar-refractivity contribution in [1.82, 2.24) is 9.88 Å². The molecule has 1 saturated heterocycles. The van der Waals surface area contributed by atoms with E-state index in [4.69, 9.17) is 0 Å². The van der Waals surface area contributed by atoms with Crippen molar-refractivity contribution in [2.45, 2.75) is 19.8 Å². The van der Waals surface area contributed by atoms with E-state index in [0.717, 1.165) is 31.5 Å². The first kappa shape index (κ1) is 24.6. The molecule has 1 aliphatic heterocycles. The number of carbonyl (C=O) groups excluding carboxylic acids is 2. The second kappa shape index (κ2) is 11.3. The van der Waals surface area contributed by atoms with Crippen LogP contribution in [0.3, 0.4) is 0 Å². The maximum atomic E-state index is 12.7. The van der Waals surface area contributed by atoms with E-state index in [1.54, 1.807) is 41.8 Å². The molecule has 0 bridgehead atoms. The van der Waals surface area contributed by atoms with Gasteiger partial charge >= 0.3 is 0 Å². The summed E-state index contributed by atoms with van der Waals surface area (Å²) in [5.41, 5.74) is 4.05. The topological polar surface area (TPSA) is 62.3 Å². The summed E-state index contributed by atoms with van der Waals surface area (Å²) < 4.78 is 0. The third kappa shape index (κ3) is 6.14. The van der Waals surface area contributed by atoms with E-state index in [9.17, 15) is 9.59 Å². The van der Waals surface area contributed by atoms with Gasteiger partial charge in [0.25, 0.3) is 5.91 Å². The number of nitrogens with one attached hydrogen (secondary N) is 1. The number of carbonyl (C=O) groups is 2. The first-order chi connectivity index (χ1) is 17.0. The monoisotopic (exact) mass is 485 g/mol. The Morgan fingerprint density at radius 3 is 2.80 bits per heavy atom. The number of anilines is 1. The highest BCUT2D eigenvalue weighted by atomic mass is 32.1. The van der Waals surface area contributed by atoms with E-state index >= 15 is 0 Å². The molecule has 6 heteroatoms. The lowest BCUT2D eigenvalue weighted by atomic mass is 9.99. The van der Waals surface area contributed by atoms with Crippen molar-refractivity contribution >= 4 is 40.6 Å². The van der Waals surface area contributed by atoms with Crippen LogP contribution in [-0.4, -0.2) is 34.8 Å². The van der Waals surface area contributed by atoms with Gasteiger partial charge in [0.1, 0.15) is 5.82 Å². The molecule has 0 aromatic carbocycles. The van der Waals surface area contributed by atoms with Crippen LogP contribution in [0.1, 0.15) is 30.9 Å². The van der Waals surface area contributed by atoms with Gasteiger partial charge in [-0.2, -0.15) is 11.3 Å². The number of nitrogens with zero attached hydrogens (tertiary/aromatic N) is 2. The van der Waals surface area contributed by atoms with Crippen LogP contribution in [-0.2, 0) is 9.59 Å². The molecule has 3 atom stereocenters. The van der Waals surface area contributed by atoms with Crippen molar-refractivity contribution in [3.8, 4) is 0 Å². The first-order valence-corrected chi connectivity index (χ1v) is 12.8. The lowest BCUT2D eigenvalue weighted by Crippen LogP contribution is -2.27. The van der Waals surface area contributed by atoms with Gasteiger partial charge in [-0.25, -0.2) is 4.98 Å². The number of amides is 2. The minimum Gasteiger partial charge on any atom is -0.338 e. The second-order valence-electron chi connectivity index (χ2n) is 9.17. The molecule has 2 aromatic rings. The lowest BCUT2D eigenvalue weighted by molar-refractivity contribution is -0.125. The van der Waals surface area contributed by atoms with Gasteiger partial charge in [0.15, 0.2) is 0 Å². The van der Waals surface area contributed by atoms with Gasteiger partial charge in [0.05, 0.1) is 0 Å². The molecule has 0 saturated carbocycles. The summed E-state index contributed by atoms with van der Waals surface area (Å²) in [5, 5.41) is 7.10. The van der Waals surface area contributed by atoms with Crippen LogP contribution in [0.15, 0.2) is 84.3 Å². The second-order valence-corrected chi connectivity index (χ2v) is 9.95. The molecular formula is C29H31N3O2S. The van der Waals surface area contributed by atoms with Gasteiger partial charge in [-0.05, 0) is 82.3 Å². The fourth-order valence-corrected chi connectivity index (χ4v) is 5.34. The van der Waals surface area contributed by atoms with E-state index in [-0.39, 0.29) is 17.7 Å². The van der Waals surface area contributed by atoms with Crippen molar-refractivity contribution in [2.75, 3.05) is 18.4 Å². The number of hydrogen-bond donors (Lipinski definition) is 1. The van der Waals surface area contributed by atoms with Crippen molar-refractivity contribution in [3.05, 3.63) is 95.4 Å². The Labute approximate surface area is 211 Å². The number of likely N-dealkylation sites (tertiary alicyclic amines) is 1. The summed E-state index contributed by atoms with van der Waals surface area (Å²) >= 11 is 1.72. The zero-order chi connectivity index (χ0) is 24.8. The average molecular weight is 486 g/mol. The molecule has 35 heavy (non-hydrogen) atoms. The molecule has 2 amide bonds. The summed E-state index contributed by atoms with van der Waals surface area (Å²) in [4.78, 5) is 31.5. The Kier molecular flexibility index (Phi) is 7.93. The molecule has 2 aliphatic rings. The Morgan fingerprint density at radius 2 is 2.14 bits per heavy atom. The number of rotatable bonds is 9. The molecule has 1 fully saturated rings. The van der Waals surface area contributed by atoms with Crippen LogP contribution >= 0.6 is 11.3 Å². The van der Waals surface area contributed by atoms with Crippen LogP contribution in [0.25, 0.3) is 11.6 Å². The van der Waals surface area contributed by atoms with Crippen molar-refractivity contribution in [3.63, 3.8) is 0 Å². The van der Waals surface area contributed by atoms with Gasteiger partial charge in [-0.3, -0.25) is 9.59 Å². The molecule has 1 N–H and O–H groups in total. The smallest absolute Gasteiger partial charge is 0.256 e. The molecule has 0 radical (unpaired) electrons. The number of pyridine rings is 1. The molecule has 1 aliphatic carbocycles. The molecule has 180 valence electrons. The number of thiophene rings is 1. The highest BCUT2D eigenvalue weighted by Crippen LogP contribution is 2.41. The van der Waals surface area contributed by atoms with E-state index in [2.05, 4.69) is 46.4 Å². The van der Waals surface area contributed by atoms with Crippen molar-refractivity contribution in [2.24, 2.45) is 17.8 Å². The SMILES string of the molecule is C=CC[C@@H](C)/C=C(\C=C)C(=O)Nc1ccc(/C=C/C(=O)N2CC3C=C(c4ccsc4)CC3C2)cn1. The zero-order valence-electron chi connectivity index (χ0n) is 20.0. The normalized spacial score (nSPS) is 20.4. The van der Waals surface area contributed by atoms with Crippen molar-refractivity contribution < 1.29 is 9.59 Å². The molecule has 4 rings (SSSR count). The van der Waals surface area contributed by atoms with Gasteiger partial charge in [0.2, 0.25) is 5.91 Å². The molecular weight excluding hydrogens is 454 g/mol. The lowest BCUT2D eigenvalue weighted by Gasteiger charge is -2.15. The van der Waals surface area contributed by atoms with Crippen LogP contribution in [0, 0.1) is 17.8 Å². The Hall–Kier alpha value is -3.51. The molecule has 3 heterocycles. The molecule has 5 nitrogen and oxygen atoms in total. The fraction of sp³-hybridized carbons (Fsp3) is 0.276. The highest BCUT2D eigenvalue weighted by Gasteiger charge is 2.37. The third-order valence-electron chi connectivity index (χ3n) is 6.52. The summed E-state index contributed by atoms with van der Waals surface area (Å²) in [7, 11) is 0. The van der Waals surface area contributed by atoms with Crippen molar-refractivity contribution in [1.29, 1.82) is 0 Å². The standard InChI is InChI=1S/C29H31N3O2S/c1-4-6-20(3)13-22(5-2)29(34)31-27-9-7-21(16-30-27)8-10-28(33)32-17-25-14-24(15-26(25)18-32)23-11-12-35-19-23/h4-5,7-14,16,19-20,25-26H,1-2,6,15,17-18H2,3H3,(H,30,31,34)/b10-8+,22-13+/t20-,25?,26?/m1/s1. The molecule has 2 aromatic heterocycles. The Morgan fingerprint density at radius 1 is 1.29 bits per heavy atom. The van der Waals surface area contributed by atoms with E-state index in [0.29, 0.717) is 23.2 Å². The predicted octanol–water partition coefficient (Wildman–Crippen LogP) is 5.98. The minimum atomic E-state index is -0.252. The van der Waals surface area contributed by atoms with Gasteiger partial charge in [-0.15, -0.1) is 6.58 Å². The first-order valence-electron chi connectivity index (χ1n) is 11.9. The van der Waals surface area contributed by atoms with E-state index in [1.807, 2.05) is 30.0 Å². The number of aromatic nitrogens is 1. The van der Waals surface area contributed by atoms with Crippen LogP contribution in [0.5, 0.6) is 0 Å². The minimum absolute atomic E-state index is 0.0247.